The smallest absolute Gasteiger partial charge is 0.190 e. The first kappa shape index (κ1) is 15.7. The monoisotopic (exact) mass is 296 g/mol. The van der Waals surface area contributed by atoms with Crippen molar-refractivity contribution in [2.45, 2.75) is 51.6 Å². The molecule has 0 radical (unpaired) electrons. The molecular weight excluding hydrogens is 271 g/mol. The van der Waals surface area contributed by atoms with E-state index in [1.54, 1.807) is 0 Å². The number of ether oxygens (including phenoxy) is 1. The summed E-state index contributed by atoms with van der Waals surface area (Å²) in [7, 11) is -1.70. The van der Waals surface area contributed by atoms with Crippen LogP contribution in [0.25, 0.3) is 0 Å². The summed E-state index contributed by atoms with van der Waals surface area (Å²) in [6.07, 6.45) is 3.14. The largest absolute Gasteiger partial charge is 0.393 e. The standard InChI is InChI=1S/C16H25FO2Si/c1-13(11-14-6-8-15(17)9-7-14)12-20(2,3)19-16-5-4-10-18-16/h6-9,13,16H,4-5,10-12H2,1-3H3/t13?,16-/m1/s1. The average Bonchev–Trinajstić information content (AvgIpc) is 2.83. The topological polar surface area (TPSA) is 18.5 Å². The summed E-state index contributed by atoms with van der Waals surface area (Å²) >= 11 is 0. The Morgan fingerprint density at radius 3 is 2.65 bits per heavy atom. The fraction of sp³-hybridized carbons (Fsp3) is 0.625. The van der Waals surface area contributed by atoms with E-state index in [4.69, 9.17) is 9.16 Å². The maximum absolute atomic E-state index is 12.9. The predicted molar refractivity (Wildman–Crippen MR) is 81.6 cm³/mol. The minimum Gasteiger partial charge on any atom is -0.393 e. The zero-order valence-electron chi connectivity index (χ0n) is 12.7. The Kier molecular flexibility index (Phi) is 5.35. The van der Waals surface area contributed by atoms with E-state index in [2.05, 4.69) is 20.0 Å². The summed E-state index contributed by atoms with van der Waals surface area (Å²) in [6, 6.07) is 7.92. The zero-order valence-corrected chi connectivity index (χ0v) is 13.7. The molecule has 20 heavy (non-hydrogen) atoms. The molecule has 1 unspecified atom stereocenters. The Morgan fingerprint density at radius 2 is 2.05 bits per heavy atom. The molecule has 1 fully saturated rings. The minimum atomic E-state index is -1.70. The van der Waals surface area contributed by atoms with Crippen molar-refractivity contribution in [1.82, 2.24) is 0 Å². The van der Waals surface area contributed by atoms with E-state index in [1.807, 2.05) is 12.1 Å². The predicted octanol–water partition coefficient (Wildman–Crippen LogP) is 4.36. The number of benzene rings is 1. The molecule has 1 aliphatic heterocycles. The fourth-order valence-electron chi connectivity index (χ4n) is 2.98. The maximum Gasteiger partial charge on any atom is 0.190 e. The Morgan fingerprint density at radius 1 is 1.35 bits per heavy atom. The second kappa shape index (κ2) is 6.83. The molecule has 0 amide bonds. The number of rotatable bonds is 6. The Bertz CT molecular complexity index is 413. The van der Waals surface area contributed by atoms with Crippen LogP contribution in [0.5, 0.6) is 0 Å². The molecule has 0 N–H and O–H groups in total. The third kappa shape index (κ3) is 5.00. The lowest BCUT2D eigenvalue weighted by molar-refractivity contribution is -0.0461. The van der Waals surface area contributed by atoms with Crippen LogP contribution in [-0.2, 0) is 15.6 Å². The maximum atomic E-state index is 12.9. The van der Waals surface area contributed by atoms with Gasteiger partial charge in [-0.2, -0.15) is 0 Å². The van der Waals surface area contributed by atoms with Crippen LogP contribution >= 0.6 is 0 Å². The van der Waals surface area contributed by atoms with Crippen LogP contribution < -0.4 is 0 Å². The summed E-state index contributed by atoms with van der Waals surface area (Å²) in [5, 5.41) is 0. The summed E-state index contributed by atoms with van der Waals surface area (Å²) in [5.41, 5.74) is 1.20. The molecule has 2 nitrogen and oxygen atoms in total. The van der Waals surface area contributed by atoms with Gasteiger partial charge in [0, 0.05) is 6.61 Å². The molecule has 0 saturated carbocycles. The molecule has 0 spiro atoms. The van der Waals surface area contributed by atoms with Gasteiger partial charge in [-0.05, 0) is 62.0 Å². The normalized spacial score (nSPS) is 21.1. The van der Waals surface area contributed by atoms with Gasteiger partial charge in [0.2, 0.25) is 0 Å². The Balaban J connectivity index is 1.82. The molecule has 2 atom stereocenters. The first-order valence-corrected chi connectivity index (χ1v) is 10.6. The molecule has 1 saturated heterocycles. The first-order chi connectivity index (χ1) is 9.44. The van der Waals surface area contributed by atoms with Gasteiger partial charge in [-0.25, -0.2) is 4.39 Å². The highest BCUT2D eigenvalue weighted by Crippen LogP contribution is 2.26. The summed E-state index contributed by atoms with van der Waals surface area (Å²) < 4.78 is 24.7. The third-order valence-corrected chi connectivity index (χ3v) is 6.26. The van der Waals surface area contributed by atoms with E-state index in [0.717, 1.165) is 31.9 Å². The average molecular weight is 296 g/mol. The lowest BCUT2D eigenvalue weighted by atomic mass is 10.0. The van der Waals surface area contributed by atoms with Crippen LogP contribution in [-0.4, -0.2) is 21.2 Å². The summed E-state index contributed by atoms with van der Waals surface area (Å²) in [4.78, 5) is 0. The van der Waals surface area contributed by atoms with Crippen LogP contribution in [0.3, 0.4) is 0 Å². The van der Waals surface area contributed by atoms with Crippen molar-refractivity contribution in [2.24, 2.45) is 5.92 Å². The lowest BCUT2D eigenvalue weighted by Crippen LogP contribution is -2.37. The second-order valence-electron chi connectivity index (χ2n) is 6.46. The van der Waals surface area contributed by atoms with Gasteiger partial charge in [0.1, 0.15) is 12.1 Å². The van der Waals surface area contributed by atoms with E-state index in [0.29, 0.717) is 5.92 Å². The number of halogens is 1. The highest BCUT2D eigenvalue weighted by molar-refractivity contribution is 6.71. The van der Waals surface area contributed by atoms with Gasteiger partial charge in [0.25, 0.3) is 0 Å². The van der Waals surface area contributed by atoms with E-state index in [9.17, 15) is 4.39 Å². The second-order valence-corrected chi connectivity index (χ2v) is 10.6. The lowest BCUT2D eigenvalue weighted by Gasteiger charge is -2.29. The summed E-state index contributed by atoms with van der Waals surface area (Å²) in [6.45, 7) is 7.60. The third-order valence-electron chi connectivity index (χ3n) is 3.68. The van der Waals surface area contributed by atoms with Crippen molar-refractivity contribution < 1.29 is 13.6 Å². The molecule has 1 heterocycles. The van der Waals surface area contributed by atoms with E-state index in [-0.39, 0.29) is 12.1 Å². The SMILES string of the molecule is CC(Cc1ccc(F)cc1)C[Si](C)(C)O[C@@H]1CCCO1. The van der Waals surface area contributed by atoms with Crippen LogP contribution in [0.1, 0.15) is 25.3 Å². The first-order valence-electron chi connectivity index (χ1n) is 7.48. The van der Waals surface area contributed by atoms with Crippen molar-refractivity contribution in [3.8, 4) is 0 Å². The fourth-order valence-corrected chi connectivity index (χ4v) is 5.80. The molecule has 0 aliphatic carbocycles. The Hall–Kier alpha value is -0.713. The zero-order chi connectivity index (χ0) is 14.6. The molecular formula is C16H25FO2Si. The molecule has 0 aromatic heterocycles. The number of hydrogen-bond donors (Lipinski definition) is 0. The van der Waals surface area contributed by atoms with Crippen LogP contribution in [0.15, 0.2) is 24.3 Å². The highest BCUT2D eigenvalue weighted by atomic mass is 28.4. The minimum absolute atomic E-state index is 0.0229. The van der Waals surface area contributed by atoms with Crippen molar-refractivity contribution in [2.75, 3.05) is 6.61 Å². The number of hydrogen-bond acceptors (Lipinski definition) is 2. The van der Waals surface area contributed by atoms with E-state index in [1.165, 1.54) is 17.7 Å². The van der Waals surface area contributed by atoms with Gasteiger partial charge in [-0.15, -0.1) is 0 Å². The molecule has 2 rings (SSSR count). The van der Waals surface area contributed by atoms with Crippen LogP contribution in [0.4, 0.5) is 4.39 Å². The van der Waals surface area contributed by atoms with Gasteiger partial charge in [-0.3, -0.25) is 0 Å². The van der Waals surface area contributed by atoms with E-state index < -0.39 is 8.32 Å². The van der Waals surface area contributed by atoms with Gasteiger partial charge in [0.05, 0.1) is 0 Å². The highest BCUT2D eigenvalue weighted by Gasteiger charge is 2.30. The molecule has 112 valence electrons. The van der Waals surface area contributed by atoms with Crippen molar-refractivity contribution in [3.63, 3.8) is 0 Å². The molecule has 4 heteroatoms. The van der Waals surface area contributed by atoms with Crippen molar-refractivity contribution in [1.29, 1.82) is 0 Å². The van der Waals surface area contributed by atoms with Crippen LogP contribution in [0.2, 0.25) is 19.1 Å². The van der Waals surface area contributed by atoms with Crippen molar-refractivity contribution in [3.05, 3.63) is 35.6 Å². The van der Waals surface area contributed by atoms with Crippen molar-refractivity contribution >= 4 is 8.32 Å². The molecule has 1 aliphatic rings. The summed E-state index contributed by atoms with van der Waals surface area (Å²) in [5.74, 6) is 0.376. The quantitative estimate of drug-likeness (QED) is 0.726. The van der Waals surface area contributed by atoms with Gasteiger partial charge < -0.3 is 9.16 Å². The molecule has 1 aromatic rings. The van der Waals surface area contributed by atoms with Gasteiger partial charge in [0.15, 0.2) is 8.32 Å². The van der Waals surface area contributed by atoms with Crippen LogP contribution in [0, 0.1) is 11.7 Å². The van der Waals surface area contributed by atoms with Gasteiger partial charge in [-0.1, -0.05) is 19.1 Å². The van der Waals surface area contributed by atoms with E-state index >= 15 is 0 Å². The Labute approximate surface area is 122 Å². The molecule has 0 bridgehead atoms. The molecule has 1 aromatic carbocycles. The van der Waals surface area contributed by atoms with Gasteiger partial charge >= 0.3 is 0 Å².